The van der Waals surface area contributed by atoms with Gasteiger partial charge in [0.25, 0.3) is 0 Å². The van der Waals surface area contributed by atoms with Gasteiger partial charge < -0.3 is 15.0 Å². The van der Waals surface area contributed by atoms with Gasteiger partial charge in [-0.1, -0.05) is 22.9 Å². The minimum absolute atomic E-state index is 0.629. The second-order valence-corrected chi connectivity index (χ2v) is 6.31. The first-order chi connectivity index (χ1) is 9.15. The number of likely N-dealkylation sites (tertiary alicyclic amines) is 1. The fourth-order valence-electron chi connectivity index (χ4n) is 2.60. The predicted molar refractivity (Wildman–Crippen MR) is 82.7 cm³/mol. The summed E-state index contributed by atoms with van der Waals surface area (Å²) in [5.74, 6) is 1.65. The van der Waals surface area contributed by atoms with Gasteiger partial charge in [0.15, 0.2) is 0 Å². The van der Waals surface area contributed by atoms with Gasteiger partial charge in [0.05, 0.1) is 0 Å². The van der Waals surface area contributed by atoms with Gasteiger partial charge in [-0.15, -0.1) is 0 Å². The van der Waals surface area contributed by atoms with Crippen molar-refractivity contribution in [1.29, 1.82) is 0 Å². The molecule has 4 heteroatoms. The molecule has 1 aliphatic heterocycles. The lowest BCUT2D eigenvalue weighted by Crippen LogP contribution is -2.47. The number of nitrogens with zero attached hydrogens (tertiary/aromatic N) is 1. The maximum atomic E-state index is 5.71. The molecule has 1 saturated heterocycles. The Balaban J connectivity index is 1.65. The molecule has 0 aliphatic carbocycles. The summed E-state index contributed by atoms with van der Waals surface area (Å²) >= 11 is 3.42. The Kier molecular flexibility index (Phi) is 5.67. The topological polar surface area (TPSA) is 24.5 Å². The Morgan fingerprint density at radius 1 is 1.37 bits per heavy atom. The molecule has 1 N–H and O–H groups in total. The zero-order valence-electron chi connectivity index (χ0n) is 11.7. The van der Waals surface area contributed by atoms with E-state index < -0.39 is 0 Å². The quantitative estimate of drug-likeness (QED) is 0.842. The van der Waals surface area contributed by atoms with Crippen LogP contribution in [0.15, 0.2) is 28.7 Å². The van der Waals surface area contributed by atoms with Crippen molar-refractivity contribution in [2.45, 2.75) is 19.4 Å². The van der Waals surface area contributed by atoms with Gasteiger partial charge >= 0.3 is 0 Å². The maximum absolute atomic E-state index is 5.71. The summed E-state index contributed by atoms with van der Waals surface area (Å²) in [4.78, 5) is 2.40. The highest BCUT2D eigenvalue weighted by atomic mass is 79.9. The lowest BCUT2D eigenvalue weighted by atomic mass is 9.94. The average Bonchev–Trinajstić information content (AvgIpc) is 2.39. The van der Waals surface area contributed by atoms with E-state index in [4.69, 9.17) is 4.74 Å². The Bertz CT molecular complexity index is 382. The van der Waals surface area contributed by atoms with Gasteiger partial charge in [-0.05, 0) is 50.2 Å². The first-order valence-corrected chi connectivity index (χ1v) is 7.75. The highest BCUT2D eigenvalue weighted by molar-refractivity contribution is 9.10. The van der Waals surface area contributed by atoms with Crippen molar-refractivity contribution < 1.29 is 4.74 Å². The first kappa shape index (κ1) is 14.8. The van der Waals surface area contributed by atoms with Gasteiger partial charge in [0.2, 0.25) is 0 Å². The summed E-state index contributed by atoms with van der Waals surface area (Å²) in [5, 5.41) is 3.61. The lowest BCUT2D eigenvalue weighted by molar-refractivity contribution is 0.170. The van der Waals surface area contributed by atoms with Gasteiger partial charge in [0.1, 0.15) is 12.4 Å². The number of halogens is 1. The highest BCUT2D eigenvalue weighted by Gasteiger charge is 2.23. The normalized spacial score (nSPS) is 24.4. The summed E-state index contributed by atoms with van der Waals surface area (Å²) < 4.78 is 6.80. The van der Waals surface area contributed by atoms with Crippen LogP contribution >= 0.6 is 15.9 Å². The molecule has 2 rings (SSSR count). The summed E-state index contributed by atoms with van der Waals surface area (Å²) in [7, 11) is 2.20. The molecule has 2 unspecified atom stereocenters. The predicted octanol–water partition coefficient (Wildman–Crippen LogP) is 2.76. The van der Waals surface area contributed by atoms with E-state index in [1.54, 1.807) is 0 Å². The van der Waals surface area contributed by atoms with Crippen LogP contribution < -0.4 is 10.1 Å². The zero-order chi connectivity index (χ0) is 13.7. The van der Waals surface area contributed by atoms with Crippen LogP contribution in [-0.2, 0) is 0 Å². The second kappa shape index (κ2) is 7.27. The van der Waals surface area contributed by atoms with Gasteiger partial charge in [-0.3, -0.25) is 0 Å². The molecule has 0 bridgehead atoms. The number of rotatable bonds is 5. The standard InChI is InChI=1S/C15H23BrN2O/c1-12-11-18(2)9-7-15(12)17-8-10-19-14-5-3-13(16)4-6-14/h3-6,12,15,17H,7-11H2,1-2H3. The largest absolute Gasteiger partial charge is 0.492 e. The number of piperidine rings is 1. The third-order valence-corrected chi connectivity index (χ3v) is 4.23. The Hall–Kier alpha value is -0.580. The van der Waals surface area contributed by atoms with Crippen molar-refractivity contribution >= 4 is 15.9 Å². The van der Waals surface area contributed by atoms with Crippen molar-refractivity contribution in [3.63, 3.8) is 0 Å². The molecule has 1 aromatic carbocycles. The van der Waals surface area contributed by atoms with E-state index in [2.05, 4.69) is 40.1 Å². The van der Waals surface area contributed by atoms with Crippen LogP contribution in [0.25, 0.3) is 0 Å². The summed E-state index contributed by atoms with van der Waals surface area (Å²) in [6.07, 6.45) is 1.23. The van der Waals surface area contributed by atoms with Crippen molar-refractivity contribution in [2.24, 2.45) is 5.92 Å². The van der Waals surface area contributed by atoms with Crippen LogP contribution in [0.1, 0.15) is 13.3 Å². The molecule has 106 valence electrons. The molecule has 3 nitrogen and oxygen atoms in total. The molecule has 2 atom stereocenters. The second-order valence-electron chi connectivity index (χ2n) is 5.39. The molecule has 1 aromatic rings. The molecule has 1 aliphatic rings. The molecule has 1 heterocycles. The molecule has 0 aromatic heterocycles. The fourth-order valence-corrected chi connectivity index (χ4v) is 2.87. The summed E-state index contributed by atoms with van der Waals surface area (Å²) in [6, 6.07) is 8.61. The number of benzene rings is 1. The lowest BCUT2D eigenvalue weighted by Gasteiger charge is -2.35. The molecular weight excluding hydrogens is 304 g/mol. The molecule has 0 amide bonds. The SMILES string of the molecule is CC1CN(C)CCC1NCCOc1ccc(Br)cc1. The van der Waals surface area contributed by atoms with E-state index in [9.17, 15) is 0 Å². The van der Waals surface area contributed by atoms with Crippen molar-refractivity contribution in [1.82, 2.24) is 10.2 Å². The monoisotopic (exact) mass is 326 g/mol. The maximum Gasteiger partial charge on any atom is 0.119 e. The van der Waals surface area contributed by atoms with Crippen molar-refractivity contribution in [2.75, 3.05) is 33.3 Å². The first-order valence-electron chi connectivity index (χ1n) is 6.95. The third kappa shape index (κ3) is 4.79. The molecule has 19 heavy (non-hydrogen) atoms. The van der Waals surface area contributed by atoms with Crippen LogP contribution in [0.2, 0.25) is 0 Å². The Labute approximate surface area is 124 Å². The van der Waals surface area contributed by atoms with E-state index in [-0.39, 0.29) is 0 Å². The highest BCUT2D eigenvalue weighted by Crippen LogP contribution is 2.16. The van der Waals surface area contributed by atoms with E-state index in [0.717, 1.165) is 23.4 Å². The fraction of sp³-hybridized carbons (Fsp3) is 0.600. The average molecular weight is 327 g/mol. The van der Waals surface area contributed by atoms with Crippen LogP contribution in [-0.4, -0.2) is 44.2 Å². The number of hydrogen-bond acceptors (Lipinski definition) is 3. The number of nitrogens with one attached hydrogen (secondary N) is 1. The van der Waals surface area contributed by atoms with Gasteiger partial charge in [-0.25, -0.2) is 0 Å². The number of hydrogen-bond donors (Lipinski definition) is 1. The van der Waals surface area contributed by atoms with Gasteiger partial charge in [-0.2, -0.15) is 0 Å². The van der Waals surface area contributed by atoms with Crippen LogP contribution in [0, 0.1) is 5.92 Å². The Morgan fingerprint density at radius 2 is 2.11 bits per heavy atom. The molecule has 0 spiro atoms. The minimum Gasteiger partial charge on any atom is -0.492 e. The van der Waals surface area contributed by atoms with Crippen LogP contribution in [0.4, 0.5) is 0 Å². The molecule has 0 radical (unpaired) electrons. The van der Waals surface area contributed by atoms with Crippen molar-refractivity contribution in [3.8, 4) is 5.75 Å². The summed E-state index contributed by atoms with van der Waals surface area (Å²) in [5.41, 5.74) is 0. The Morgan fingerprint density at radius 3 is 2.79 bits per heavy atom. The van der Waals surface area contributed by atoms with Crippen LogP contribution in [0.5, 0.6) is 5.75 Å². The third-order valence-electron chi connectivity index (χ3n) is 3.70. The number of ether oxygens (including phenoxy) is 1. The minimum atomic E-state index is 0.629. The smallest absolute Gasteiger partial charge is 0.119 e. The van der Waals surface area contributed by atoms with E-state index in [1.807, 2.05) is 24.3 Å². The molecule has 0 saturated carbocycles. The zero-order valence-corrected chi connectivity index (χ0v) is 13.3. The van der Waals surface area contributed by atoms with Gasteiger partial charge in [0, 0.05) is 23.6 Å². The molecular formula is C15H23BrN2O. The van der Waals surface area contributed by atoms with E-state index >= 15 is 0 Å². The van der Waals surface area contributed by atoms with Crippen LogP contribution in [0.3, 0.4) is 0 Å². The van der Waals surface area contributed by atoms with Crippen molar-refractivity contribution in [3.05, 3.63) is 28.7 Å². The van der Waals surface area contributed by atoms with E-state index in [1.165, 1.54) is 19.5 Å². The summed E-state index contributed by atoms with van der Waals surface area (Å²) in [6.45, 7) is 6.33. The molecule has 1 fully saturated rings. The van der Waals surface area contributed by atoms with E-state index in [0.29, 0.717) is 12.0 Å².